The van der Waals surface area contributed by atoms with Crippen LogP contribution in [-0.2, 0) is 0 Å². The van der Waals surface area contributed by atoms with Gasteiger partial charge in [-0.3, -0.25) is 5.10 Å². The molecular formula is C7H7N5. The van der Waals surface area contributed by atoms with Crippen LogP contribution in [0.1, 0.15) is 18.7 Å². The number of rotatable bonds is 1. The molecule has 5 heteroatoms. The molecule has 2 aromatic rings. The van der Waals surface area contributed by atoms with Crippen molar-refractivity contribution in [3.63, 3.8) is 0 Å². The Balaban J connectivity index is 2.52. The minimum atomic E-state index is -0.203. The van der Waals surface area contributed by atoms with Gasteiger partial charge < -0.3 is 4.98 Å². The topological polar surface area (TPSA) is 81.2 Å². The van der Waals surface area contributed by atoms with Crippen molar-refractivity contribution in [2.45, 2.75) is 12.8 Å². The number of aromatic nitrogens is 4. The van der Waals surface area contributed by atoms with Crippen molar-refractivity contribution < 1.29 is 0 Å². The predicted molar refractivity (Wildman–Crippen MR) is 42.3 cm³/mol. The highest BCUT2D eigenvalue weighted by molar-refractivity contribution is 5.69. The van der Waals surface area contributed by atoms with Crippen molar-refractivity contribution in [2.75, 3.05) is 0 Å². The van der Waals surface area contributed by atoms with Crippen molar-refractivity contribution in [2.24, 2.45) is 0 Å². The minimum absolute atomic E-state index is 0.203. The lowest BCUT2D eigenvalue weighted by Gasteiger charge is -1.92. The molecule has 2 heterocycles. The molecule has 0 bridgehead atoms. The molecule has 0 aliphatic carbocycles. The maximum absolute atomic E-state index is 8.62. The summed E-state index contributed by atoms with van der Waals surface area (Å²) in [6.07, 6.45) is 1.65. The highest BCUT2D eigenvalue weighted by Crippen LogP contribution is 2.13. The lowest BCUT2D eigenvalue weighted by Crippen LogP contribution is -1.91. The van der Waals surface area contributed by atoms with Gasteiger partial charge in [-0.05, 0) is 6.92 Å². The van der Waals surface area contributed by atoms with Crippen LogP contribution in [0.15, 0.2) is 6.20 Å². The largest absolute Gasteiger partial charge is 0.338 e. The monoisotopic (exact) mass is 161 g/mol. The van der Waals surface area contributed by atoms with E-state index in [9.17, 15) is 0 Å². The number of hydrogen-bond acceptors (Lipinski definition) is 3. The first-order valence-corrected chi connectivity index (χ1v) is 3.60. The Morgan fingerprint density at radius 2 is 2.50 bits per heavy atom. The van der Waals surface area contributed by atoms with E-state index < -0.39 is 0 Å². The Hall–Kier alpha value is -1.83. The zero-order chi connectivity index (χ0) is 8.55. The number of nitrogens with zero attached hydrogens (tertiary/aromatic N) is 3. The van der Waals surface area contributed by atoms with Gasteiger partial charge >= 0.3 is 0 Å². The van der Waals surface area contributed by atoms with Crippen LogP contribution >= 0.6 is 0 Å². The summed E-state index contributed by atoms with van der Waals surface area (Å²) < 4.78 is 0. The van der Waals surface area contributed by atoms with Crippen LogP contribution in [0.3, 0.4) is 0 Å². The molecule has 0 radical (unpaired) electrons. The van der Waals surface area contributed by atoms with Gasteiger partial charge in [-0.1, -0.05) is 0 Å². The fourth-order valence-electron chi connectivity index (χ4n) is 1.01. The fourth-order valence-corrected chi connectivity index (χ4v) is 1.01. The maximum Gasteiger partial charge on any atom is 0.173 e. The zero-order valence-electron chi connectivity index (χ0n) is 6.50. The normalized spacial score (nSPS) is 13.0. The molecule has 60 valence electrons. The number of fused-ring (bicyclic) bond motifs is 1. The fraction of sp³-hybridized carbons (Fsp3) is 0.286. The number of imidazole rings is 1. The van der Waals surface area contributed by atoms with Crippen LogP contribution in [0.4, 0.5) is 0 Å². The third-order valence-corrected chi connectivity index (χ3v) is 1.72. The Morgan fingerprint density at radius 1 is 1.67 bits per heavy atom. The third kappa shape index (κ3) is 0.855. The van der Waals surface area contributed by atoms with Gasteiger partial charge in [0, 0.05) is 0 Å². The van der Waals surface area contributed by atoms with Gasteiger partial charge in [0.2, 0.25) is 0 Å². The van der Waals surface area contributed by atoms with Crippen LogP contribution in [0.5, 0.6) is 0 Å². The minimum Gasteiger partial charge on any atom is -0.338 e. The average molecular weight is 161 g/mol. The predicted octanol–water partition coefficient (Wildman–Crippen LogP) is 0.913. The summed E-state index contributed by atoms with van der Waals surface area (Å²) in [4.78, 5) is 7.15. The molecule has 0 aromatic carbocycles. The second-order valence-electron chi connectivity index (χ2n) is 2.61. The van der Waals surface area contributed by atoms with Crippen LogP contribution in [-0.4, -0.2) is 20.2 Å². The Bertz CT molecular complexity index is 403. The quantitative estimate of drug-likeness (QED) is 0.652. The Morgan fingerprint density at radius 3 is 3.17 bits per heavy atom. The molecule has 0 saturated heterocycles. The standard InChI is InChI=1S/C7H7N5/c1-4(2-8)6-10-5-3-9-12-7(5)11-6/h3-4H,1H3,(H2,9,10,11,12). The smallest absolute Gasteiger partial charge is 0.173 e. The molecule has 0 aliphatic heterocycles. The second-order valence-corrected chi connectivity index (χ2v) is 2.61. The lowest BCUT2D eigenvalue weighted by atomic mass is 10.2. The van der Waals surface area contributed by atoms with Gasteiger partial charge in [0.25, 0.3) is 0 Å². The van der Waals surface area contributed by atoms with Crippen molar-refractivity contribution in [1.82, 2.24) is 20.2 Å². The number of nitrogens with one attached hydrogen (secondary N) is 2. The highest BCUT2D eigenvalue weighted by Gasteiger charge is 2.09. The van der Waals surface area contributed by atoms with Crippen molar-refractivity contribution in [1.29, 1.82) is 5.26 Å². The van der Waals surface area contributed by atoms with Crippen molar-refractivity contribution >= 4 is 11.2 Å². The summed E-state index contributed by atoms with van der Waals surface area (Å²) in [5, 5.41) is 15.1. The van der Waals surface area contributed by atoms with Crippen LogP contribution in [0, 0.1) is 11.3 Å². The van der Waals surface area contributed by atoms with Crippen molar-refractivity contribution in [3.05, 3.63) is 12.0 Å². The zero-order valence-corrected chi connectivity index (χ0v) is 6.50. The van der Waals surface area contributed by atoms with E-state index in [-0.39, 0.29) is 5.92 Å². The number of hydrogen-bond donors (Lipinski definition) is 2. The summed E-state index contributed by atoms with van der Waals surface area (Å²) in [5.74, 6) is 0.479. The average Bonchev–Trinajstić information content (AvgIpc) is 2.60. The van der Waals surface area contributed by atoms with E-state index in [1.807, 2.05) is 0 Å². The Labute approximate surface area is 68.4 Å². The lowest BCUT2D eigenvalue weighted by molar-refractivity contribution is 0.884. The number of nitriles is 1. The molecule has 2 N–H and O–H groups in total. The van der Waals surface area contributed by atoms with Gasteiger partial charge in [0.15, 0.2) is 5.65 Å². The molecule has 0 saturated carbocycles. The molecule has 2 rings (SSSR count). The first-order valence-electron chi connectivity index (χ1n) is 3.60. The van der Waals surface area contributed by atoms with Gasteiger partial charge in [-0.25, -0.2) is 4.98 Å². The maximum atomic E-state index is 8.62. The third-order valence-electron chi connectivity index (χ3n) is 1.72. The molecular weight excluding hydrogens is 154 g/mol. The second kappa shape index (κ2) is 2.34. The molecule has 0 aliphatic rings. The van der Waals surface area contributed by atoms with E-state index in [4.69, 9.17) is 5.26 Å². The summed E-state index contributed by atoms with van der Waals surface area (Å²) in [6.45, 7) is 1.80. The van der Waals surface area contributed by atoms with E-state index in [2.05, 4.69) is 26.2 Å². The molecule has 2 aromatic heterocycles. The first-order chi connectivity index (χ1) is 5.81. The van der Waals surface area contributed by atoms with E-state index in [1.165, 1.54) is 0 Å². The van der Waals surface area contributed by atoms with Gasteiger partial charge in [-0.2, -0.15) is 10.4 Å². The molecule has 1 atom stereocenters. The van der Waals surface area contributed by atoms with Gasteiger partial charge in [0.1, 0.15) is 17.3 Å². The van der Waals surface area contributed by atoms with Gasteiger partial charge in [0.05, 0.1) is 12.3 Å². The Kier molecular flexibility index (Phi) is 1.34. The molecule has 1 unspecified atom stereocenters. The highest BCUT2D eigenvalue weighted by atomic mass is 15.2. The van der Waals surface area contributed by atoms with E-state index >= 15 is 0 Å². The van der Waals surface area contributed by atoms with E-state index in [1.54, 1.807) is 13.1 Å². The summed E-state index contributed by atoms with van der Waals surface area (Å²) in [5.41, 5.74) is 1.54. The van der Waals surface area contributed by atoms with Crippen LogP contribution < -0.4 is 0 Å². The SMILES string of the molecule is CC(C#N)c1nc2[nH]ncc2[nH]1. The number of H-pyrrole nitrogens is 2. The summed E-state index contributed by atoms with van der Waals surface area (Å²) >= 11 is 0. The van der Waals surface area contributed by atoms with E-state index in [0.29, 0.717) is 11.5 Å². The molecule has 0 fully saturated rings. The summed E-state index contributed by atoms with van der Waals surface area (Å²) in [6, 6.07) is 2.10. The summed E-state index contributed by atoms with van der Waals surface area (Å²) in [7, 11) is 0. The molecule has 5 nitrogen and oxygen atoms in total. The van der Waals surface area contributed by atoms with E-state index in [0.717, 1.165) is 5.52 Å². The van der Waals surface area contributed by atoms with Crippen LogP contribution in [0.2, 0.25) is 0 Å². The number of aromatic amines is 2. The molecule has 12 heavy (non-hydrogen) atoms. The molecule has 0 amide bonds. The first kappa shape index (κ1) is 6.85. The van der Waals surface area contributed by atoms with Gasteiger partial charge in [-0.15, -0.1) is 0 Å². The molecule has 0 spiro atoms. The van der Waals surface area contributed by atoms with Crippen molar-refractivity contribution in [3.8, 4) is 6.07 Å². The van der Waals surface area contributed by atoms with Crippen LogP contribution in [0.25, 0.3) is 11.2 Å².